The molecule has 0 aliphatic carbocycles. The van der Waals surface area contributed by atoms with Crippen molar-refractivity contribution in [2.75, 3.05) is 13.1 Å². The van der Waals surface area contributed by atoms with E-state index in [4.69, 9.17) is 0 Å². The fourth-order valence-corrected chi connectivity index (χ4v) is 2.09. The Morgan fingerprint density at radius 2 is 1.67 bits per heavy atom. The van der Waals surface area contributed by atoms with E-state index in [0.717, 1.165) is 12.1 Å². The van der Waals surface area contributed by atoms with Crippen LogP contribution in [0.3, 0.4) is 0 Å². The van der Waals surface area contributed by atoms with Gasteiger partial charge in [-0.3, -0.25) is 0 Å². The van der Waals surface area contributed by atoms with E-state index >= 15 is 0 Å². The monoisotopic (exact) mass is 338 g/mol. The Balaban J connectivity index is 1.72. The van der Waals surface area contributed by atoms with Crippen LogP contribution in [0.5, 0.6) is 0 Å². The predicted octanol–water partition coefficient (Wildman–Crippen LogP) is 2.68. The minimum absolute atomic E-state index is 0.0532. The van der Waals surface area contributed by atoms with E-state index in [-0.39, 0.29) is 19.5 Å². The molecule has 0 spiro atoms. The van der Waals surface area contributed by atoms with Crippen molar-refractivity contribution in [3.05, 3.63) is 71.0 Å². The number of carbonyl (C=O) groups is 1. The van der Waals surface area contributed by atoms with E-state index in [1.807, 2.05) is 0 Å². The van der Waals surface area contributed by atoms with Crippen LogP contribution in [0.2, 0.25) is 0 Å². The largest absolute Gasteiger partial charge is 0.387 e. The molecule has 2 aromatic rings. The number of amides is 2. The van der Waals surface area contributed by atoms with E-state index in [1.54, 1.807) is 0 Å². The second kappa shape index (κ2) is 8.35. The van der Waals surface area contributed by atoms with Crippen LogP contribution < -0.4 is 10.6 Å². The Kier molecular flexibility index (Phi) is 6.20. The topological polar surface area (TPSA) is 61.4 Å². The summed E-state index contributed by atoms with van der Waals surface area (Å²) in [5, 5.41) is 14.8. The van der Waals surface area contributed by atoms with E-state index < -0.39 is 29.6 Å². The van der Waals surface area contributed by atoms with Gasteiger partial charge in [0.2, 0.25) is 0 Å². The zero-order chi connectivity index (χ0) is 17.5. The number of rotatable bonds is 6. The van der Waals surface area contributed by atoms with E-state index in [9.17, 15) is 23.1 Å². The van der Waals surface area contributed by atoms with Crippen molar-refractivity contribution in [2.45, 2.75) is 12.5 Å². The van der Waals surface area contributed by atoms with Gasteiger partial charge in [-0.1, -0.05) is 18.2 Å². The van der Waals surface area contributed by atoms with Gasteiger partial charge in [-0.05, 0) is 35.7 Å². The molecular weight excluding hydrogens is 321 g/mol. The van der Waals surface area contributed by atoms with Crippen LogP contribution in [0, 0.1) is 17.5 Å². The molecule has 2 amide bonds. The normalized spacial score (nSPS) is 11.8. The molecule has 24 heavy (non-hydrogen) atoms. The van der Waals surface area contributed by atoms with Gasteiger partial charge in [0.1, 0.15) is 17.5 Å². The van der Waals surface area contributed by atoms with Crippen LogP contribution in [-0.2, 0) is 6.42 Å². The predicted molar refractivity (Wildman–Crippen MR) is 82.8 cm³/mol. The number of nitrogens with one attached hydrogen (secondary N) is 2. The highest BCUT2D eigenvalue weighted by Gasteiger charge is 2.10. The van der Waals surface area contributed by atoms with E-state index in [0.29, 0.717) is 11.1 Å². The molecule has 2 rings (SSSR count). The minimum Gasteiger partial charge on any atom is -0.387 e. The van der Waals surface area contributed by atoms with Crippen LogP contribution in [0.4, 0.5) is 18.0 Å². The molecule has 0 aromatic heterocycles. The Morgan fingerprint density at radius 3 is 2.33 bits per heavy atom. The van der Waals surface area contributed by atoms with Crippen molar-refractivity contribution in [1.82, 2.24) is 10.6 Å². The number of hydrogen-bond donors (Lipinski definition) is 3. The van der Waals surface area contributed by atoms with Gasteiger partial charge in [-0.2, -0.15) is 0 Å². The van der Waals surface area contributed by atoms with E-state index in [1.165, 1.54) is 30.3 Å². The molecule has 0 saturated heterocycles. The number of aliphatic hydroxyl groups is 1. The molecule has 0 heterocycles. The Hall–Kier alpha value is -2.54. The average molecular weight is 338 g/mol. The zero-order valence-corrected chi connectivity index (χ0v) is 12.7. The lowest BCUT2D eigenvalue weighted by atomic mass is 10.1. The van der Waals surface area contributed by atoms with Crippen molar-refractivity contribution in [3.8, 4) is 0 Å². The van der Waals surface area contributed by atoms with Crippen LogP contribution >= 0.6 is 0 Å². The molecule has 0 radical (unpaired) electrons. The first kappa shape index (κ1) is 17.8. The molecule has 128 valence electrons. The lowest BCUT2D eigenvalue weighted by molar-refractivity contribution is 0.173. The second-order valence-corrected chi connectivity index (χ2v) is 5.19. The third kappa shape index (κ3) is 5.27. The molecule has 0 aliphatic heterocycles. The molecule has 3 N–H and O–H groups in total. The van der Waals surface area contributed by atoms with Gasteiger partial charge in [0.05, 0.1) is 6.10 Å². The van der Waals surface area contributed by atoms with Gasteiger partial charge >= 0.3 is 6.03 Å². The van der Waals surface area contributed by atoms with Crippen molar-refractivity contribution in [3.63, 3.8) is 0 Å². The van der Waals surface area contributed by atoms with Gasteiger partial charge in [0.15, 0.2) is 0 Å². The van der Waals surface area contributed by atoms with Gasteiger partial charge < -0.3 is 15.7 Å². The lowest BCUT2D eigenvalue weighted by Gasteiger charge is -2.13. The summed E-state index contributed by atoms with van der Waals surface area (Å²) in [5.74, 6) is -1.73. The van der Waals surface area contributed by atoms with Crippen LogP contribution in [0.25, 0.3) is 0 Å². The summed E-state index contributed by atoms with van der Waals surface area (Å²) in [7, 11) is 0. The highest BCUT2D eigenvalue weighted by molar-refractivity contribution is 5.73. The minimum atomic E-state index is -0.967. The molecule has 7 heteroatoms. The first-order valence-corrected chi connectivity index (χ1v) is 7.35. The van der Waals surface area contributed by atoms with Gasteiger partial charge in [0.25, 0.3) is 0 Å². The van der Waals surface area contributed by atoms with Crippen LogP contribution in [0.15, 0.2) is 42.5 Å². The third-order valence-corrected chi connectivity index (χ3v) is 3.41. The van der Waals surface area contributed by atoms with Gasteiger partial charge in [0, 0.05) is 19.2 Å². The molecule has 4 nitrogen and oxygen atoms in total. The van der Waals surface area contributed by atoms with Crippen LogP contribution in [0.1, 0.15) is 17.2 Å². The van der Waals surface area contributed by atoms with Crippen molar-refractivity contribution in [1.29, 1.82) is 0 Å². The summed E-state index contributed by atoms with van der Waals surface area (Å²) in [5.41, 5.74) is 0.771. The summed E-state index contributed by atoms with van der Waals surface area (Å²) in [6.45, 7) is 0.101. The first-order valence-electron chi connectivity index (χ1n) is 7.35. The summed E-state index contributed by atoms with van der Waals surface area (Å²) < 4.78 is 39.0. The Morgan fingerprint density at radius 1 is 1.00 bits per heavy atom. The Labute approximate surface area is 137 Å². The summed E-state index contributed by atoms with van der Waals surface area (Å²) in [6, 6.07) is 8.02. The summed E-state index contributed by atoms with van der Waals surface area (Å²) in [4.78, 5) is 11.6. The maximum atomic E-state index is 13.4. The SMILES string of the molecule is O=C(NCCc1ccc(F)cc1F)NCC(O)c1ccc(F)cc1. The average Bonchev–Trinajstić information content (AvgIpc) is 2.55. The van der Waals surface area contributed by atoms with Crippen molar-refractivity contribution >= 4 is 6.03 Å². The highest BCUT2D eigenvalue weighted by Crippen LogP contribution is 2.12. The molecule has 0 fully saturated rings. The van der Waals surface area contributed by atoms with Gasteiger partial charge in [-0.25, -0.2) is 18.0 Å². The summed E-state index contributed by atoms with van der Waals surface area (Å²) >= 11 is 0. The lowest BCUT2D eigenvalue weighted by Crippen LogP contribution is -2.38. The number of halogens is 3. The number of hydrogen-bond acceptors (Lipinski definition) is 2. The number of aliphatic hydroxyl groups excluding tert-OH is 1. The smallest absolute Gasteiger partial charge is 0.314 e. The third-order valence-electron chi connectivity index (χ3n) is 3.41. The van der Waals surface area contributed by atoms with E-state index in [2.05, 4.69) is 10.6 Å². The molecule has 1 unspecified atom stereocenters. The highest BCUT2D eigenvalue weighted by atomic mass is 19.1. The van der Waals surface area contributed by atoms with Crippen molar-refractivity contribution < 1.29 is 23.1 Å². The molecule has 0 aliphatic rings. The molecule has 0 bridgehead atoms. The molecule has 2 aromatic carbocycles. The maximum Gasteiger partial charge on any atom is 0.314 e. The van der Waals surface area contributed by atoms with Crippen LogP contribution in [-0.4, -0.2) is 24.2 Å². The number of urea groups is 1. The quantitative estimate of drug-likeness (QED) is 0.758. The van der Waals surface area contributed by atoms with Gasteiger partial charge in [-0.15, -0.1) is 0 Å². The maximum absolute atomic E-state index is 13.4. The second-order valence-electron chi connectivity index (χ2n) is 5.19. The molecule has 1 atom stereocenters. The Bertz CT molecular complexity index is 693. The number of benzene rings is 2. The fraction of sp³-hybridized carbons (Fsp3) is 0.235. The zero-order valence-electron chi connectivity index (χ0n) is 12.7. The first-order chi connectivity index (χ1) is 11.5. The van der Waals surface area contributed by atoms with Crippen molar-refractivity contribution in [2.24, 2.45) is 0 Å². The molecule has 0 saturated carbocycles. The fourth-order valence-electron chi connectivity index (χ4n) is 2.09. The number of carbonyl (C=O) groups excluding carboxylic acids is 1. The molecular formula is C17H17F3N2O2. The standard InChI is InChI=1S/C17H17F3N2O2/c18-13-4-2-12(3-5-13)16(23)10-22-17(24)21-8-7-11-1-6-14(19)9-15(11)20/h1-6,9,16,23H,7-8,10H2,(H2,21,22,24). The summed E-state index contributed by atoms with van der Waals surface area (Å²) in [6.07, 6.45) is -0.758.